The monoisotopic (exact) mass is 642 g/mol. The number of carbonyl (C=O) groups is 1. The van der Waals surface area contributed by atoms with Gasteiger partial charge < -0.3 is 10.2 Å². The minimum atomic E-state index is -4.47. The number of anilines is 2. The summed E-state index contributed by atoms with van der Waals surface area (Å²) in [6.45, 7) is 4.02. The van der Waals surface area contributed by atoms with Crippen LogP contribution in [0.15, 0.2) is 41.8 Å². The Balaban J connectivity index is 2.57. The van der Waals surface area contributed by atoms with E-state index in [0.717, 1.165) is 13.9 Å². The van der Waals surface area contributed by atoms with E-state index in [1.165, 1.54) is 19.2 Å². The van der Waals surface area contributed by atoms with Crippen LogP contribution in [0.25, 0.3) is 0 Å². The van der Waals surface area contributed by atoms with Crippen LogP contribution in [-0.2, 0) is 14.9 Å². The molecule has 0 aliphatic heterocycles. The molecule has 0 heterocycles. The zero-order valence-electron chi connectivity index (χ0n) is 19.4. The second-order valence-corrected chi connectivity index (χ2v) is 11.4. The maximum atomic E-state index is 15.3. The van der Waals surface area contributed by atoms with E-state index in [2.05, 4.69) is 17.4 Å². The lowest BCUT2D eigenvalue weighted by Crippen LogP contribution is -2.31. The van der Waals surface area contributed by atoms with E-state index < -0.39 is 43.7 Å². The highest BCUT2D eigenvalue weighted by atomic mass is 127. The van der Waals surface area contributed by atoms with Gasteiger partial charge in [0.15, 0.2) is 11.6 Å². The normalized spacial score (nSPS) is 11.7. The van der Waals surface area contributed by atoms with Gasteiger partial charge in [0.05, 0.1) is 28.6 Å². The number of hydroxylamine groups is 1. The summed E-state index contributed by atoms with van der Waals surface area (Å²) in [5.74, 6) is -4.19. The van der Waals surface area contributed by atoms with Gasteiger partial charge in [-0.2, -0.15) is 0 Å². The Kier molecular flexibility index (Phi) is 10.9. The summed E-state index contributed by atoms with van der Waals surface area (Å²) in [7, 11) is 0.446. The quantitative estimate of drug-likeness (QED) is 0.155. The van der Waals surface area contributed by atoms with Crippen molar-refractivity contribution in [3.05, 3.63) is 62.7 Å². The molecule has 0 aliphatic carbocycles. The molecule has 0 aliphatic rings. The molecule has 192 valence electrons. The van der Waals surface area contributed by atoms with Crippen molar-refractivity contribution < 1.29 is 26.8 Å². The Hall–Kier alpha value is -1.84. The molecular weight excluding hydrogens is 617 g/mol. The Morgan fingerprint density at radius 3 is 2.49 bits per heavy atom. The number of nitrogens with one attached hydrogen (secondary N) is 2. The van der Waals surface area contributed by atoms with Crippen LogP contribution in [0.5, 0.6) is 0 Å². The molecule has 2 rings (SSSR count). The van der Waals surface area contributed by atoms with Crippen LogP contribution in [-0.4, -0.2) is 64.4 Å². The summed E-state index contributed by atoms with van der Waals surface area (Å²) in [6, 6.07) is 5.52. The van der Waals surface area contributed by atoms with Crippen molar-refractivity contribution in [3.8, 4) is 0 Å². The molecule has 0 saturated carbocycles. The molecule has 0 fully saturated rings. The van der Waals surface area contributed by atoms with Crippen molar-refractivity contribution >= 4 is 61.5 Å². The number of rotatable bonds is 12. The first kappa shape index (κ1) is 29.4. The molecule has 2 N–H and O–H groups in total. The van der Waals surface area contributed by atoms with Crippen molar-refractivity contribution in [1.82, 2.24) is 14.7 Å². The van der Waals surface area contributed by atoms with Gasteiger partial charge in [-0.1, -0.05) is 17.7 Å². The number of amides is 1. The van der Waals surface area contributed by atoms with Crippen LogP contribution < -0.4 is 10.8 Å². The minimum Gasteiger partial charge on any atom is -0.351 e. The smallest absolute Gasteiger partial charge is 0.277 e. The third-order valence-electron chi connectivity index (χ3n) is 4.74. The second kappa shape index (κ2) is 12.9. The Morgan fingerprint density at radius 1 is 1.20 bits per heavy atom. The maximum absolute atomic E-state index is 15.3. The Morgan fingerprint density at radius 2 is 1.89 bits per heavy atom. The van der Waals surface area contributed by atoms with Gasteiger partial charge in [0.25, 0.3) is 5.91 Å². The van der Waals surface area contributed by atoms with Gasteiger partial charge in [0.2, 0.25) is 10.0 Å². The molecule has 0 spiro atoms. The lowest BCUT2D eigenvalue weighted by Gasteiger charge is -2.21. The highest BCUT2D eigenvalue weighted by Gasteiger charge is 2.32. The zero-order chi connectivity index (χ0) is 26.3. The number of benzene rings is 2. The molecule has 1 amide bonds. The molecule has 35 heavy (non-hydrogen) atoms. The molecule has 13 heteroatoms. The molecule has 0 radical (unpaired) electrons. The van der Waals surface area contributed by atoms with Gasteiger partial charge in [-0.25, -0.2) is 27.0 Å². The molecule has 2 aromatic rings. The van der Waals surface area contributed by atoms with Crippen LogP contribution in [0.3, 0.4) is 0 Å². The minimum absolute atomic E-state index is 0.0593. The summed E-state index contributed by atoms with van der Waals surface area (Å²) in [5, 5.41) is 2.79. The third-order valence-corrected chi connectivity index (χ3v) is 7.58. The highest BCUT2D eigenvalue weighted by Crippen LogP contribution is 2.34. The SMILES string of the molecule is C=CCONC(=O)c1cc(S(=O)(=O)N(C)CCCN(C)C)c(F)c(F)c1Nc1ccc(I)cc1Cl. The number of hydrogen-bond acceptors (Lipinski definition) is 6. The number of sulfonamides is 1. The van der Waals surface area contributed by atoms with Crippen LogP contribution in [0.1, 0.15) is 16.8 Å². The third kappa shape index (κ3) is 7.57. The second-order valence-electron chi connectivity index (χ2n) is 7.69. The van der Waals surface area contributed by atoms with Crippen LogP contribution in [0, 0.1) is 15.2 Å². The van der Waals surface area contributed by atoms with Crippen molar-refractivity contribution in [3.63, 3.8) is 0 Å². The van der Waals surface area contributed by atoms with Crippen molar-refractivity contribution in [1.29, 1.82) is 0 Å². The van der Waals surface area contributed by atoms with E-state index in [-0.39, 0.29) is 23.9 Å². The van der Waals surface area contributed by atoms with Crippen LogP contribution >= 0.6 is 34.2 Å². The highest BCUT2D eigenvalue weighted by molar-refractivity contribution is 14.1. The van der Waals surface area contributed by atoms with E-state index in [1.54, 1.807) is 12.1 Å². The fraction of sp³-hybridized carbons (Fsp3) is 0.318. The molecule has 8 nitrogen and oxygen atoms in total. The van der Waals surface area contributed by atoms with E-state index in [0.29, 0.717) is 13.0 Å². The standard InChI is InChI=1S/C22H26ClF2IN4O4S/c1-5-11-34-28-22(31)15-13-18(35(32,33)30(4)10-6-9-29(2)3)19(24)20(25)21(15)27-17-8-7-14(26)12-16(17)23/h5,7-8,12-13,27H,1,6,9-11H2,2-4H3,(H,28,31). The molecule has 0 atom stereocenters. The van der Waals surface area contributed by atoms with E-state index in [9.17, 15) is 13.2 Å². The van der Waals surface area contributed by atoms with Crippen molar-refractivity contribution in [2.24, 2.45) is 0 Å². The largest absolute Gasteiger partial charge is 0.351 e. The van der Waals surface area contributed by atoms with Crippen LogP contribution in [0.2, 0.25) is 5.02 Å². The predicted octanol–water partition coefficient (Wildman–Crippen LogP) is 4.39. The summed E-state index contributed by atoms with van der Waals surface area (Å²) >= 11 is 8.22. The van der Waals surface area contributed by atoms with E-state index >= 15 is 8.78 Å². The number of hydrogen-bond donors (Lipinski definition) is 2. The predicted molar refractivity (Wildman–Crippen MR) is 140 cm³/mol. The number of carbonyl (C=O) groups excluding carboxylic acids is 1. The topological polar surface area (TPSA) is 91.0 Å². The van der Waals surface area contributed by atoms with Crippen molar-refractivity contribution in [2.45, 2.75) is 11.3 Å². The molecular formula is C22H26ClF2IN4O4S. The Bertz CT molecular complexity index is 1200. The average Bonchev–Trinajstić information content (AvgIpc) is 2.78. The maximum Gasteiger partial charge on any atom is 0.277 e. The molecule has 0 saturated heterocycles. The van der Waals surface area contributed by atoms with Gasteiger partial charge in [0, 0.05) is 17.2 Å². The summed E-state index contributed by atoms with van der Waals surface area (Å²) < 4.78 is 58.3. The molecule has 0 aromatic heterocycles. The first-order chi connectivity index (χ1) is 16.4. The summed E-state index contributed by atoms with van der Waals surface area (Å²) in [6.07, 6.45) is 1.81. The van der Waals surface area contributed by atoms with Crippen molar-refractivity contribution in [2.75, 3.05) is 46.2 Å². The fourth-order valence-electron chi connectivity index (χ4n) is 2.94. The summed E-state index contributed by atoms with van der Waals surface area (Å²) in [5.41, 5.74) is 1.15. The fourth-order valence-corrected chi connectivity index (χ4v) is 5.13. The van der Waals surface area contributed by atoms with Gasteiger partial charge in [-0.15, -0.1) is 6.58 Å². The van der Waals surface area contributed by atoms with Gasteiger partial charge in [-0.05, 0) is 73.9 Å². The lowest BCUT2D eigenvalue weighted by atomic mass is 10.1. The van der Waals surface area contributed by atoms with Gasteiger partial charge in [0.1, 0.15) is 4.90 Å². The lowest BCUT2D eigenvalue weighted by molar-refractivity contribution is 0.0422. The van der Waals surface area contributed by atoms with E-state index in [4.69, 9.17) is 16.4 Å². The van der Waals surface area contributed by atoms with E-state index in [1.807, 2.05) is 41.6 Å². The first-order valence-corrected chi connectivity index (χ1v) is 13.2. The molecule has 0 unspecified atom stereocenters. The molecule has 2 aromatic carbocycles. The first-order valence-electron chi connectivity index (χ1n) is 10.3. The number of nitrogens with zero attached hydrogens (tertiary/aromatic N) is 2. The Labute approximate surface area is 222 Å². The average molecular weight is 643 g/mol. The summed E-state index contributed by atoms with van der Waals surface area (Å²) in [4.78, 5) is 18.6. The van der Waals surface area contributed by atoms with Gasteiger partial charge >= 0.3 is 0 Å². The number of halogens is 4. The van der Waals surface area contributed by atoms with Crippen LogP contribution in [0.4, 0.5) is 20.2 Å². The van der Waals surface area contributed by atoms with Gasteiger partial charge in [-0.3, -0.25) is 9.63 Å². The molecule has 0 bridgehead atoms. The zero-order valence-corrected chi connectivity index (χ0v) is 23.1.